The van der Waals surface area contributed by atoms with Crippen LogP contribution in [0.3, 0.4) is 0 Å². The molecule has 0 unspecified atom stereocenters. The van der Waals surface area contributed by atoms with Crippen LogP contribution in [0.25, 0.3) is 0 Å². The molecule has 0 aliphatic carbocycles. The molecule has 3 nitrogen and oxygen atoms in total. The van der Waals surface area contributed by atoms with E-state index in [2.05, 4.69) is 0 Å². The van der Waals surface area contributed by atoms with E-state index in [0.29, 0.717) is 6.54 Å². The Morgan fingerprint density at radius 2 is 2.00 bits per heavy atom. The molecule has 3 heteroatoms. The van der Waals surface area contributed by atoms with Crippen LogP contribution >= 0.6 is 0 Å². The number of nitrogens with zero attached hydrogens (tertiary/aromatic N) is 2. The summed E-state index contributed by atoms with van der Waals surface area (Å²) in [7, 11) is 0. The average molecular weight is 147 g/mol. The number of hydrogen-bond acceptors (Lipinski definition) is 3. The predicted molar refractivity (Wildman–Crippen MR) is 41.8 cm³/mol. The average Bonchev–Trinajstić information content (AvgIpc) is 2.06. The maximum Gasteiger partial charge on any atom is 0.195 e. The first-order valence-electron chi connectivity index (χ1n) is 3.29. The third kappa shape index (κ3) is 2.28. The van der Waals surface area contributed by atoms with Gasteiger partial charge in [-0.25, -0.2) is 10.9 Å². The molecule has 1 aromatic rings. The van der Waals surface area contributed by atoms with E-state index in [1.165, 1.54) is 0 Å². The molecule has 0 fully saturated rings. The molecule has 0 saturated heterocycles. The van der Waals surface area contributed by atoms with Crippen molar-refractivity contribution in [1.82, 2.24) is 5.01 Å². The quantitative estimate of drug-likeness (QED) is 0.292. The predicted octanol–water partition coefficient (Wildman–Crippen LogP) is 0.843. The molecule has 0 aliphatic rings. The molecule has 0 saturated carbocycles. The van der Waals surface area contributed by atoms with E-state index in [-0.39, 0.29) is 0 Å². The van der Waals surface area contributed by atoms with Gasteiger partial charge in [-0.2, -0.15) is 5.26 Å². The fourth-order valence-electron chi connectivity index (χ4n) is 0.815. The smallest absolute Gasteiger partial charge is 0.195 e. The summed E-state index contributed by atoms with van der Waals surface area (Å²) in [6.07, 6.45) is 1.82. The van der Waals surface area contributed by atoms with E-state index >= 15 is 0 Å². The van der Waals surface area contributed by atoms with E-state index in [4.69, 9.17) is 11.1 Å². The van der Waals surface area contributed by atoms with Crippen LogP contribution < -0.4 is 5.84 Å². The second-order valence-electron chi connectivity index (χ2n) is 2.21. The van der Waals surface area contributed by atoms with Crippen LogP contribution in [0.2, 0.25) is 0 Å². The van der Waals surface area contributed by atoms with Gasteiger partial charge in [-0.1, -0.05) is 30.3 Å². The van der Waals surface area contributed by atoms with Crippen molar-refractivity contribution < 1.29 is 0 Å². The molecule has 1 rings (SSSR count). The lowest BCUT2D eigenvalue weighted by Gasteiger charge is -2.06. The highest BCUT2D eigenvalue weighted by Crippen LogP contribution is 1.99. The molecule has 0 spiro atoms. The lowest BCUT2D eigenvalue weighted by atomic mass is 10.2. The standard InChI is InChI=1S/C8H9N3/c9-7-11(10)6-8-4-2-1-3-5-8/h1-5H,6,10H2. The first-order chi connectivity index (χ1) is 5.33. The SMILES string of the molecule is N#CN(N)Cc1ccccc1. The minimum absolute atomic E-state index is 0.470. The zero-order valence-electron chi connectivity index (χ0n) is 6.07. The van der Waals surface area contributed by atoms with Crippen molar-refractivity contribution >= 4 is 0 Å². The first kappa shape index (κ1) is 7.58. The Kier molecular flexibility index (Phi) is 2.47. The maximum atomic E-state index is 8.35. The Labute approximate surface area is 65.6 Å². The lowest BCUT2D eigenvalue weighted by Crippen LogP contribution is -2.24. The zero-order chi connectivity index (χ0) is 8.10. The molecule has 1 aromatic carbocycles. The van der Waals surface area contributed by atoms with Crippen LogP contribution in [0.5, 0.6) is 0 Å². The van der Waals surface area contributed by atoms with Crippen molar-refractivity contribution in [3.63, 3.8) is 0 Å². The Bertz CT molecular complexity index is 250. The fourth-order valence-corrected chi connectivity index (χ4v) is 0.815. The van der Waals surface area contributed by atoms with Crippen molar-refractivity contribution in [2.45, 2.75) is 6.54 Å². The number of hydrogen-bond donors (Lipinski definition) is 1. The van der Waals surface area contributed by atoms with E-state index in [0.717, 1.165) is 10.6 Å². The van der Waals surface area contributed by atoms with Crippen LogP contribution in [-0.4, -0.2) is 5.01 Å². The van der Waals surface area contributed by atoms with Gasteiger partial charge in [0.05, 0.1) is 6.54 Å². The van der Waals surface area contributed by atoms with Gasteiger partial charge in [0, 0.05) is 0 Å². The number of hydrazine groups is 1. The Hall–Kier alpha value is -1.53. The van der Waals surface area contributed by atoms with Crippen LogP contribution in [0.15, 0.2) is 30.3 Å². The van der Waals surface area contributed by atoms with Crippen molar-refractivity contribution in [3.05, 3.63) is 35.9 Å². The van der Waals surface area contributed by atoms with E-state index in [9.17, 15) is 0 Å². The minimum atomic E-state index is 0.470. The van der Waals surface area contributed by atoms with Gasteiger partial charge < -0.3 is 0 Å². The topological polar surface area (TPSA) is 53.0 Å². The van der Waals surface area contributed by atoms with Crippen LogP contribution in [0, 0.1) is 11.5 Å². The molecule has 2 N–H and O–H groups in total. The molecule has 0 atom stereocenters. The monoisotopic (exact) mass is 147 g/mol. The van der Waals surface area contributed by atoms with Crippen LogP contribution in [0.4, 0.5) is 0 Å². The summed E-state index contributed by atoms with van der Waals surface area (Å²) in [5.41, 5.74) is 1.04. The van der Waals surface area contributed by atoms with Gasteiger partial charge >= 0.3 is 0 Å². The second-order valence-corrected chi connectivity index (χ2v) is 2.21. The Morgan fingerprint density at radius 1 is 1.36 bits per heavy atom. The maximum absolute atomic E-state index is 8.35. The highest BCUT2D eigenvalue weighted by molar-refractivity contribution is 5.14. The molecule has 11 heavy (non-hydrogen) atoms. The molecule has 0 aromatic heterocycles. The Balaban J connectivity index is 2.60. The minimum Gasteiger partial charge on any atom is -0.243 e. The van der Waals surface area contributed by atoms with Crippen molar-refractivity contribution in [1.29, 1.82) is 5.26 Å². The summed E-state index contributed by atoms with van der Waals surface area (Å²) in [5.74, 6) is 5.28. The van der Waals surface area contributed by atoms with E-state index in [1.807, 2.05) is 36.5 Å². The summed E-state index contributed by atoms with van der Waals surface area (Å²) >= 11 is 0. The van der Waals surface area contributed by atoms with Gasteiger partial charge in [-0.15, -0.1) is 0 Å². The molecular formula is C8H9N3. The summed E-state index contributed by atoms with van der Waals surface area (Å²) in [4.78, 5) is 0. The van der Waals surface area contributed by atoms with Gasteiger partial charge in [-0.3, -0.25) is 0 Å². The number of benzene rings is 1. The normalized spacial score (nSPS) is 8.73. The van der Waals surface area contributed by atoms with Crippen molar-refractivity contribution in [2.75, 3.05) is 0 Å². The Morgan fingerprint density at radius 3 is 2.55 bits per heavy atom. The van der Waals surface area contributed by atoms with Crippen LogP contribution in [0.1, 0.15) is 5.56 Å². The van der Waals surface area contributed by atoms with E-state index < -0.39 is 0 Å². The third-order valence-electron chi connectivity index (χ3n) is 1.32. The summed E-state index contributed by atoms with van der Waals surface area (Å²) in [6, 6.07) is 9.62. The highest BCUT2D eigenvalue weighted by atomic mass is 15.4. The van der Waals surface area contributed by atoms with E-state index in [1.54, 1.807) is 0 Å². The largest absolute Gasteiger partial charge is 0.243 e. The summed E-state index contributed by atoms with van der Waals surface area (Å²) in [6.45, 7) is 0.470. The van der Waals surface area contributed by atoms with Gasteiger partial charge in [-0.05, 0) is 5.56 Å². The lowest BCUT2D eigenvalue weighted by molar-refractivity contribution is 0.404. The van der Waals surface area contributed by atoms with Gasteiger partial charge in [0.15, 0.2) is 6.19 Å². The molecule has 0 aliphatic heterocycles. The molecule has 56 valence electrons. The first-order valence-corrected chi connectivity index (χ1v) is 3.29. The molecule has 0 radical (unpaired) electrons. The van der Waals surface area contributed by atoms with Crippen molar-refractivity contribution in [3.8, 4) is 6.19 Å². The van der Waals surface area contributed by atoms with Gasteiger partial charge in [0.1, 0.15) is 0 Å². The third-order valence-corrected chi connectivity index (χ3v) is 1.32. The summed E-state index contributed by atoms with van der Waals surface area (Å²) in [5, 5.41) is 9.44. The van der Waals surface area contributed by atoms with Gasteiger partial charge in [0.2, 0.25) is 0 Å². The molecule has 0 amide bonds. The fraction of sp³-hybridized carbons (Fsp3) is 0.125. The molecule has 0 bridgehead atoms. The van der Waals surface area contributed by atoms with Crippen molar-refractivity contribution in [2.24, 2.45) is 5.84 Å². The van der Waals surface area contributed by atoms with Gasteiger partial charge in [0.25, 0.3) is 0 Å². The molecule has 0 heterocycles. The molecular weight excluding hydrogens is 138 g/mol. The van der Waals surface area contributed by atoms with Crippen LogP contribution in [-0.2, 0) is 6.54 Å². The highest BCUT2D eigenvalue weighted by Gasteiger charge is 1.94. The number of rotatable bonds is 2. The number of nitrogens with two attached hydrogens (primary N) is 1. The number of nitriles is 1. The summed E-state index contributed by atoms with van der Waals surface area (Å²) < 4.78 is 0. The zero-order valence-corrected chi connectivity index (χ0v) is 6.07. The second kappa shape index (κ2) is 3.59.